The minimum Gasteiger partial charge on any atom is -0.490 e. The van der Waals surface area contributed by atoms with E-state index in [1.54, 1.807) is 36.4 Å². The third-order valence-corrected chi connectivity index (χ3v) is 4.89. The number of hydrogen-bond acceptors (Lipinski definition) is 5. The van der Waals surface area contributed by atoms with Gasteiger partial charge >= 0.3 is 5.97 Å². The Bertz CT molecular complexity index is 1000. The lowest BCUT2D eigenvalue weighted by Gasteiger charge is -2.14. The third kappa shape index (κ3) is 5.04. The summed E-state index contributed by atoms with van der Waals surface area (Å²) in [6, 6.07) is 8.30. The van der Waals surface area contributed by atoms with Gasteiger partial charge in [0.2, 0.25) is 5.90 Å². The lowest BCUT2D eigenvalue weighted by molar-refractivity contribution is -0.129. The zero-order valence-corrected chi connectivity index (χ0v) is 18.1. The highest BCUT2D eigenvalue weighted by Crippen LogP contribution is 2.37. The lowest BCUT2D eigenvalue weighted by atomic mass is 10.1. The number of nitrogens with zero attached hydrogens (tertiary/aromatic N) is 1. The number of esters is 1. The maximum absolute atomic E-state index is 12.3. The van der Waals surface area contributed by atoms with E-state index in [9.17, 15) is 4.79 Å². The van der Waals surface area contributed by atoms with Crippen LogP contribution in [-0.4, -0.2) is 25.1 Å². The largest absolute Gasteiger partial charge is 0.490 e. The molecule has 0 N–H and O–H groups in total. The van der Waals surface area contributed by atoms with Crippen molar-refractivity contribution < 1.29 is 19.0 Å². The van der Waals surface area contributed by atoms with Crippen LogP contribution in [0.2, 0.25) is 15.1 Å². The maximum atomic E-state index is 12.3. The van der Waals surface area contributed by atoms with Crippen molar-refractivity contribution in [3.8, 4) is 11.5 Å². The maximum Gasteiger partial charge on any atom is 0.363 e. The lowest BCUT2D eigenvalue weighted by Crippen LogP contribution is -2.05. The molecule has 0 bridgehead atoms. The van der Waals surface area contributed by atoms with E-state index < -0.39 is 5.97 Å². The van der Waals surface area contributed by atoms with E-state index in [1.807, 2.05) is 13.8 Å². The van der Waals surface area contributed by atoms with Crippen LogP contribution in [-0.2, 0) is 9.53 Å². The zero-order chi connectivity index (χ0) is 21.0. The van der Waals surface area contributed by atoms with E-state index in [-0.39, 0.29) is 11.6 Å². The van der Waals surface area contributed by atoms with Gasteiger partial charge in [-0.05, 0) is 55.3 Å². The minimum absolute atomic E-state index is 0.131. The molecule has 0 aromatic heterocycles. The molecular formula is C21H18Cl3NO4. The van der Waals surface area contributed by atoms with Gasteiger partial charge in [0.25, 0.3) is 0 Å². The average molecular weight is 455 g/mol. The first-order chi connectivity index (χ1) is 13.9. The van der Waals surface area contributed by atoms with E-state index in [2.05, 4.69) is 4.99 Å². The molecule has 5 nitrogen and oxygen atoms in total. The van der Waals surface area contributed by atoms with Crippen molar-refractivity contribution in [2.45, 2.75) is 20.3 Å². The Morgan fingerprint density at radius 1 is 1.03 bits per heavy atom. The van der Waals surface area contributed by atoms with Gasteiger partial charge in [0, 0.05) is 5.56 Å². The Labute approximate surface area is 183 Å². The van der Waals surface area contributed by atoms with E-state index in [4.69, 9.17) is 49.0 Å². The fourth-order valence-electron chi connectivity index (χ4n) is 2.60. The molecule has 152 valence electrons. The number of rotatable bonds is 7. The highest BCUT2D eigenvalue weighted by molar-refractivity contribution is 6.42. The number of aliphatic imine (C=N–C) groups is 1. The topological polar surface area (TPSA) is 57.1 Å². The molecule has 29 heavy (non-hydrogen) atoms. The molecule has 0 amide bonds. The Morgan fingerprint density at radius 3 is 2.52 bits per heavy atom. The molecule has 1 heterocycles. The predicted octanol–water partition coefficient (Wildman–Crippen LogP) is 6.18. The summed E-state index contributed by atoms with van der Waals surface area (Å²) in [5.74, 6) is 0.553. The van der Waals surface area contributed by atoms with E-state index >= 15 is 0 Å². The number of carbonyl (C=O) groups excluding carboxylic acids is 1. The van der Waals surface area contributed by atoms with Crippen LogP contribution in [0.25, 0.3) is 6.08 Å². The molecule has 2 aromatic rings. The first kappa shape index (κ1) is 21.5. The van der Waals surface area contributed by atoms with Crippen LogP contribution >= 0.6 is 34.8 Å². The summed E-state index contributed by atoms with van der Waals surface area (Å²) in [4.78, 5) is 16.5. The molecule has 0 radical (unpaired) electrons. The summed E-state index contributed by atoms with van der Waals surface area (Å²) < 4.78 is 16.6. The number of cyclic esters (lactones) is 1. The fraction of sp³-hybridized carbons (Fsp3) is 0.238. The number of carbonyl (C=O) groups is 1. The minimum atomic E-state index is -0.577. The van der Waals surface area contributed by atoms with Gasteiger partial charge in [-0.15, -0.1) is 0 Å². The molecule has 1 aliphatic heterocycles. The average Bonchev–Trinajstić information content (AvgIpc) is 3.04. The van der Waals surface area contributed by atoms with Crippen molar-refractivity contribution in [3.05, 3.63) is 62.2 Å². The van der Waals surface area contributed by atoms with E-state index in [0.29, 0.717) is 50.9 Å². The van der Waals surface area contributed by atoms with Gasteiger partial charge in [0.15, 0.2) is 17.2 Å². The molecule has 0 aliphatic carbocycles. The van der Waals surface area contributed by atoms with Crippen molar-refractivity contribution in [3.63, 3.8) is 0 Å². The summed E-state index contributed by atoms with van der Waals surface area (Å²) in [7, 11) is 0. The highest BCUT2D eigenvalue weighted by Gasteiger charge is 2.25. The monoisotopic (exact) mass is 453 g/mol. The first-order valence-electron chi connectivity index (χ1n) is 9.00. The van der Waals surface area contributed by atoms with Crippen LogP contribution in [0.5, 0.6) is 11.5 Å². The van der Waals surface area contributed by atoms with Gasteiger partial charge in [0.05, 0.1) is 28.3 Å². The molecule has 0 spiro atoms. The van der Waals surface area contributed by atoms with Gasteiger partial charge in [-0.2, -0.15) is 0 Å². The van der Waals surface area contributed by atoms with Crippen LogP contribution in [0, 0.1) is 0 Å². The SMILES string of the molecule is CCCOc1c(Cl)cc(/C=C2\N=C(c3ccc(Cl)c(Cl)c3)OC2=O)cc1OCC. The van der Waals surface area contributed by atoms with Crippen molar-refractivity contribution in [2.24, 2.45) is 4.99 Å². The van der Waals surface area contributed by atoms with Gasteiger partial charge in [-0.25, -0.2) is 9.79 Å². The standard InChI is InChI=1S/C21H18Cl3NO4/c1-3-7-28-19-16(24)8-12(10-18(19)27-4-2)9-17-21(26)29-20(25-17)13-5-6-14(22)15(23)11-13/h5-6,8-11H,3-4,7H2,1-2H3/b17-9-. The molecule has 0 atom stereocenters. The summed E-state index contributed by atoms with van der Waals surface area (Å²) in [5.41, 5.74) is 1.31. The third-order valence-electron chi connectivity index (χ3n) is 3.87. The Kier molecular flexibility index (Phi) is 7.06. The summed E-state index contributed by atoms with van der Waals surface area (Å²) in [6.45, 7) is 4.83. The predicted molar refractivity (Wildman–Crippen MR) is 115 cm³/mol. The van der Waals surface area contributed by atoms with Gasteiger partial charge < -0.3 is 14.2 Å². The van der Waals surface area contributed by atoms with Gasteiger partial charge in [-0.3, -0.25) is 0 Å². The fourth-order valence-corrected chi connectivity index (χ4v) is 3.17. The molecule has 3 rings (SSSR count). The first-order valence-corrected chi connectivity index (χ1v) is 10.1. The Hall–Kier alpha value is -2.21. The number of benzene rings is 2. The molecule has 1 aliphatic rings. The molecular weight excluding hydrogens is 437 g/mol. The van der Waals surface area contributed by atoms with Gasteiger partial charge in [-0.1, -0.05) is 41.7 Å². The normalized spacial score (nSPS) is 14.7. The van der Waals surface area contributed by atoms with Gasteiger partial charge in [0.1, 0.15) is 0 Å². The molecule has 8 heteroatoms. The summed E-state index contributed by atoms with van der Waals surface area (Å²) in [5, 5.41) is 1.13. The smallest absolute Gasteiger partial charge is 0.363 e. The van der Waals surface area contributed by atoms with Crippen molar-refractivity contribution >= 4 is 52.7 Å². The van der Waals surface area contributed by atoms with Crippen LogP contribution in [0.3, 0.4) is 0 Å². The Morgan fingerprint density at radius 2 is 1.83 bits per heavy atom. The second kappa shape index (κ2) is 9.53. The van der Waals surface area contributed by atoms with Crippen molar-refractivity contribution in [1.82, 2.24) is 0 Å². The summed E-state index contributed by atoms with van der Waals surface area (Å²) in [6.07, 6.45) is 2.41. The molecule has 0 saturated carbocycles. The number of hydrogen-bond donors (Lipinski definition) is 0. The molecule has 0 saturated heterocycles. The molecule has 0 fully saturated rings. The van der Waals surface area contributed by atoms with Crippen molar-refractivity contribution in [2.75, 3.05) is 13.2 Å². The molecule has 0 unspecified atom stereocenters. The van der Waals surface area contributed by atoms with Crippen molar-refractivity contribution in [1.29, 1.82) is 0 Å². The number of halogens is 3. The second-order valence-electron chi connectivity index (χ2n) is 6.08. The molecule has 2 aromatic carbocycles. The van der Waals surface area contributed by atoms with Crippen LogP contribution in [0.1, 0.15) is 31.4 Å². The quantitative estimate of drug-likeness (QED) is 0.370. The summed E-state index contributed by atoms with van der Waals surface area (Å²) >= 11 is 18.3. The van der Waals surface area contributed by atoms with E-state index in [1.165, 1.54) is 0 Å². The van der Waals surface area contributed by atoms with Crippen LogP contribution in [0.15, 0.2) is 41.0 Å². The highest BCUT2D eigenvalue weighted by atomic mass is 35.5. The Balaban J connectivity index is 1.95. The van der Waals surface area contributed by atoms with Crippen LogP contribution in [0.4, 0.5) is 0 Å². The second-order valence-corrected chi connectivity index (χ2v) is 7.30. The zero-order valence-electron chi connectivity index (χ0n) is 15.8. The number of ether oxygens (including phenoxy) is 3. The van der Waals surface area contributed by atoms with Crippen LogP contribution < -0.4 is 9.47 Å². The van der Waals surface area contributed by atoms with E-state index in [0.717, 1.165) is 6.42 Å².